The van der Waals surface area contributed by atoms with Crippen LogP contribution in [0, 0.1) is 6.92 Å². The lowest BCUT2D eigenvalue weighted by Crippen LogP contribution is -2.01. The third-order valence-electron chi connectivity index (χ3n) is 2.95. The Hall–Kier alpha value is -1.79. The normalized spacial score (nSPS) is 10.4. The lowest BCUT2D eigenvalue weighted by molar-refractivity contribution is -0.140. The van der Waals surface area contributed by atoms with E-state index in [2.05, 4.69) is 32.2 Å². The lowest BCUT2D eigenvalue weighted by atomic mass is 10.2. The molecule has 1 heterocycles. The Morgan fingerprint density at radius 1 is 1.35 bits per heavy atom. The average Bonchev–Trinajstić information content (AvgIpc) is 2.50. The summed E-state index contributed by atoms with van der Waals surface area (Å²) in [4.78, 5) is 19.4. The number of esters is 1. The minimum Gasteiger partial charge on any atom is -0.469 e. The van der Waals surface area contributed by atoms with E-state index in [1.165, 1.54) is 12.7 Å². The highest BCUT2D eigenvalue weighted by atomic mass is 35.5. The third-order valence-corrected chi connectivity index (χ3v) is 4.18. The molecular weight excluding hydrogens is 334 g/mol. The van der Waals surface area contributed by atoms with E-state index in [-0.39, 0.29) is 5.97 Å². The fraction of sp³-hybridized carbons (Fsp3) is 0.312. The summed E-state index contributed by atoms with van der Waals surface area (Å²) in [5.41, 5.74) is 2.10. The number of hydrogen-bond donors (Lipinski definition) is 1. The highest BCUT2D eigenvalue weighted by molar-refractivity contribution is 7.98. The number of hydrogen-bond acceptors (Lipinski definition) is 6. The van der Waals surface area contributed by atoms with E-state index in [4.69, 9.17) is 11.6 Å². The molecule has 5 nitrogen and oxygen atoms in total. The standard InChI is InChI=1S/C16H18ClN3O2S/c1-11-18-14(17)9-15(19-11)20-13-5-3-4-12(8-13)10-23-7-6-16(21)22-2/h3-5,8-9H,6-7,10H2,1-2H3,(H,18,19,20). The molecule has 7 heteroatoms. The number of benzene rings is 1. The largest absolute Gasteiger partial charge is 0.469 e. The van der Waals surface area contributed by atoms with Gasteiger partial charge in [-0.25, -0.2) is 9.97 Å². The molecule has 0 fully saturated rings. The van der Waals surface area contributed by atoms with E-state index < -0.39 is 0 Å². The average molecular weight is 352 g/mol. The molecule has 0 saturated carbocycles. The summed E-state index contributed by atoms with van der Waals surface area (Å²) in [6.07, 6.45) is 0.428. The summed E-state index contributed by atoms with van der Waals surface area (Å²) in [7, 11) is 1.41. The van der Waals surface area contributed by atoms with Gasteiger partial charge in [0.2, 0.25) is 0 Å². The third kappa shape index (κ3) is 6.08. The van der Waals surface area contributed by atoms with Crippen molar-refractivity contribution in [1.29, 1.82) is 0 Å². The van der Waals surface area contributed by atoms with E-state index in [1.807, 2.05) is 12.1 Å². The Kier molecular flexibility index (Phi) is 6.67. The highest BCUT2D eigenvalue weighted by Gasteiger charge is 2.03. The Labute approximate surface area is 144 Å². The second-order valence-electron chi connectivity index (χ2n) is 4.83. The van der Waals surface area contributed by atoms with E-state index in [0.717, 1.165) is 17.2 Å². The van der Waals surface area contributed by atoms with Gasteiger partial charge in [0.25, 0.3) is 0 Å². The highest BCUT2D eigenvalue weighted by Crippen LogP contribution is 2.21. The Morgan fingerprint density at radius 2 is 2.17 bits per heavy atom. The van der Waals surface area contributed by atoms with Crippen molar-refractivity contribution in [3.63, 3.8) is 0 Å². The van der Waals surface area contributed by atoms with Gasteiger partial charge in [0.15, 0.2) is 0 Å². The zero-order valence-electron chi connectivity index (χ0n) is 13.0. The van der Waals surface area contributed by atoms with Crippen molar-refractivity contribution in [1.82, 2.24) is 9.97 Å². The molecule has 0 aliphatic carbocycles. The van der Waals surface area contributed by atoms with Crippen LogP contribution in [0.15, 0.2) is 30.3 Å². The molecule has 1 aromatic heterocycles. The smallest absolute Gasteiger partial charge is 0.306 e. The van der Waals surface area contributed by atoms with Crippen molar-refractivity contribution in [3.8, 4) is 0 Å². The van der Waals surface area contributed by atoms with Gasteiger partial charge in [0, 0.05) is 23.3 Å². The number of methoxy groups -OCH3 is 1. The van der Waals surface area contributed by atoms with Gasteiger partial charge >= 0.3 is 5.97 Å². The summed E-state index contributed by atoms with van der Waals surface area (Å²) in [5, 5.41) is 3.64. The van der Waals surface area contributed by atoms with Crippen LogP contribution in [0.4, 0.5) is 11.5 Å². The van der Waals surface area contributed by atoms with Crippen molar-refractivity contribution in [2.75, 3.05) is 18.2 Å². The molecule has 2 aromatic rings. The fourth-order valence-corrected chi connectivity index (χ4v) is 3.03. The van der Waals surface area contributed by atoms with Gasteiger partial charge in [-0.1, -0.05) is 23.7 Å². The van der Waals surface area contributed by atoms with Crippen LogP contribution < -0.4 is 5.32 Å². The minimum absolute atomic E-state index is 0.177. The van der Waals surface area contributed by atoms with Crippen LogP contribution in [0.1, 0.15) is 17.8 Å². The molecule has 0 amide bonds. The summed E-state index contributed by atoms with van der Waals surface area (Å²) < 4.78 is 4.62. The van der Waals surface area contributed by atoms with Crippen molar-refractivity contribution >= 4 is 40.8 Å². The molecule has 0 radical (unpaired) electrons. The number of thioether (sulfide) groups is 1. The number of carbonyl (C=O) groups excluding carboxylic acids is 1. The van der Waals surface area contributed by atoms with Crippen LogP contribution in [-0.4, -0.2) is 28.8 Å². The molecular formula is C16H18ClN3O2S. The first kappa shape index (κ1) is 17.6. The maximum absolute atomic E-state index is 11.1. The SMILES string of the molecule is COC(=O)CCSCc1cccc(Nc2cc(Cl)nc(C)n2)c1. The van der Waals surface area contributed by atoms with E-state index in [0.29, 0.717) is 23.2 Å². The monoisotopic (exact) mass is 351 g/mol. The second kappa shape index (κ2) is 8.74. The molecule has 0 atom stereocenters. The van der Waals surface area contributed by atoms with Gasteiger partial charge in [-0.15, -0.1) is 0 Å². The molecule has 2 rings (SSSR count). The van der Waals surface area contributed by atoms with Crippen molar-refractivity contribution in [3.05, 3.63) is 46.9 Å². The summed E-state index contributed by atoms with van der Waals surface area (Å²) in [6.45, 7) is 1.80. The van der Waals surface area contributed by atoms with Crippen LogP contribution in [0.3, 0.4) is 0 Å². The van der Waals surface area contributed by atoms with Crippen molar-refractivity contribution in [2.24, 2.45) is 0 Å². The molecule has 1 N–H and O–H groups in total. The maximum atomic E-state index is 11.1. The predicted octanol–water partition coefficient (Wildman–Crippen LogP) is 3.98. The predicted molar refractivity (Wildman–Crippen MR) is 94.3 cm³/mol. The second-order valence-corrected chi connectivity index (χ2v) is 6.32. The molecule has 0 aliphatic heterocycles. The zero-order valence-corrected chi connectivity index (χ0v) is 14.6. The Morgan fingerprint density at radius 3 is 2.91 bits per heavy atom. The van der Waals surface area contributed by atoms with E-state index in [1.54, 1.807) is 24.8 Å². The van der Waals surface area contributed by atoms with Gasteiger partial charge in [-0.2, -0.15) is 11.8 Å². The van der Waals surface area contributed by atoms with E-state index >= 15 is 0 Å². The topological polar surface area (TPSA) is 64.1 Å². The molecule has 23 heavy (non-hydrogen) atoms. The maximum Gasteiger partial charge on any atom is 0.306 e. The number of nitrogens with zero attached hydrogens (tertiary/aromatic N) is 2. The lowest BCUT2D eigenvalue weighted by Gasteiger charge is -2.08. The van der Waals surface area contributed by atoms with Crippen molar-refractivity contribution in [2.45, 2.75) is 19.1 Å². The first-order valence-corrected chi connectivity index (χ1v) is 8.62. The zero-order chi connectivity index (χ0) is 16.7. The first-order valence-electron chi connectivity index (χ1n) is 7.08. The molecule has 0 bridgehead atoms. The van der Waals surface area contributed by atoms with Crippen LogP contribution >= 0.6 is 23.4 Å². The van der Waals surface area contributed by atoms with Gasteiger partial charge in [0.05, 0.1) is 13.5 Å². The van der Waals surface area contributed by atoms with Crippen LogP contribution in [0.5, 0.6) is 0 Å². The Bertz CT molecular complexity index is 662. The molecule has 0 spiro atoms. The van der Waals surface area contributed by atoms with Crippen LogP contribution in [0.2, 0.25) is 5.15 Å². The number of carbonyl (C=O) groups is 1. The number of rotatable bonds is 7. The number of aryl methyl sites for hydroxylation is 1. The van der Waals surface area contributed by atoms with E-state index in [9.17, 15) is 4.79 Å². The van der Waals surface area contributed by atoms with Gasteiger partial charge in [-0.3, -0.25) is 4.79 Å². The minimum atomic E-state index is -0.177. The molecule has 0 unspecified atom stereocenters. The van der Waals surface area contributed by atoms with Gasteiger partial charge in [0.1, 0.15) is 16.8 Å². The summed E-state index contributed by atoms with van der Waals surface area (Å²) in [5.74, 6) is 2.68. The summed E-state index contributed by atoms with van der Waals surface area (Å²) >= 11 is 7.63. The number of ether oxygens (including phenoxy) is 1. The fourth-order valence-electron chi connectivity index (χ4n) is 1.93. The number of anilines is 2. The van der Waals surface area contributed by atoms with Crippen LogP contribution in [0.25, 0.3) is 0 Å². The number of halogens is 1. The van der Waals surface area contributed by atoms with Gasteiger partial charge < -0.3 is 10.1 Å². The van der Waals surface area contributed by atoms with Gasteiger partial charge in [-0.05, 0) is 24.6 Å². The summed E-state index contributed by atoms with van der Waals surface area (Å²) in [6, 6.07) is 9.74. The molecule has 122 valence electrons. The Balaban J connectivity index is 1.93. The number of aromatic nitrogens is 2. The van der Waals surface area contributed by atoms with Crippen LogP contribution in [-0.2, 0) is 15.3 Å². The first-order chi connectivity index (χ1) is 11.1. The molecule has 0 aliphatic rings. The molecule has 0 saturated heterocycles. The molecule has 1 aromatic carbocycles. The number of nitrogens with one attached hydrogen (secondary N) is 1. The quantitative estimate of drug-likeness (QED) is 0.462. The van der Waals surface area contributed by atoms with Crippen molar-refractivity contribution < 1.29 is 9.53 Å².